The van der Waals surface area contributed by atoms with Gasteiger partial charge in [0.1, 0.15) is 5.82 Å². The van der Waals surface area contributed by atoms with Crippen molar-refractivity contribution in [2.24, 2.45) is 0 Å². The molecule has 0 aromatic heterocycles. The lowest BCUT2D eigenvalue weighted by Gasteiger charge is -2.19. The van der Waals surface area contributed by atoms with E-state index in [-0.39, 0.29) is 11.4 Å². The molecule has 0 aliphatic carbocycles. The molecule has 0 aliphatic rings. The summed E-state index contributed by atoms with van der Waals surface area (Å²) in [5.74, 6) is -0.455. The summed E-state index contributed by atoms with van der Waals surface area (Å²) in [4.78, 5) is 0.0943. The quantitative estimate of drug-likeness (QED) is 0.779. The molecule has 1 aromatic rings. The molecule has 4 nitrogen and oxygen atoms in total. The highest BCUT2D eigenvalue weighted by Gasteiger charge is 2.22. The van der Waals surface area contributed by atoms with Gasteiger partial charge in [-0.05, 0) is 24.3 Å². The lowest BCUT2D eigenvalue weighted by atomic mass is 10.4. The van der Waals surface area contributed by atoms with Crippen LogP contribution in [-0.2, 0) is 14.8 Å². The molecule has 0 spiro atoms. The Balaban J connectivity index is 2.95. The van der Waals surface area contributed by atoms with Gasteiger partial charge < -0.3 is 4.74 Å². The van der Waals surface area contributed by atoms with Crippen molar-refractivity contribution in [3.8, 4) is 0 Å². The second-order valence-corrected chi connectivity index (χ2v) is 5.38. The number of benzene rings is 1. The standard InChI is InChI=1S/C11H16FNO3S/c1-3-13(8-9-16-2)17(14,15)11-6-4-10(12)5-7-11/h4-7H,3,8-9H2,1-2H3. The fourth-order valence-corrected chi connectivity index (χ4v) is 2.83. The molecule has 0 atom stereocenters. The molecule has 0 radical (unpaired) electrons. The molecule has 6 heteroatoms. The van der Waals surface area contributed by atoms with Crippen molar-refractivity contribution in [2.75, 3.05) is 26.8 Å². The van der Waals surface area contributed by atoms with Crippen molar-refractivity contribution >= 4 is 10.0 Å². The molecule has 0 saturated carbocycles. The molecule has 0 heterocycles. The smallest absolute Gasteiger partial charge is 0.243 e. The van der Waals surface area contributed by atoms with Crippen molar-refractivity contribution < 1.29 is 17.5 Å². The fourth-order valence-electron chi connectivity index (χ4n) is 1.40. The summed E-state index contributed by atoms with van der Waals surface area (Å²) in [6.07, 6.45) is 0. The van der Waals surface area contributed by atoms with Crippen molar-refractivity contribution in [2.45, 2.75) is 11.8 Å². The third-order valence-corrected chi connectivity index (χ3v) is 4.34. The number of hydrogen-bond acceptors (Lipinski definition) is 3. The van der Waals surface area contributed by atoms with Gasteiger partial charge in [0.15, 0.2) is 0 Å². The highest BCUT2D eigenvalue weighted by atomic mass is 32.2. The molecule has 1 rings (SSSR count). The van der Waals surface area contributed by atoms with E-state index in [1.165, 1.54) is 23.5 Å². The Bertz CT molecular complexity index is 444. The normalized spacial score (nSPS) is 12.0. The first-order valence-corrected chi connectivity index (χ1v) is 6.71. The summed E-state index contributed by atoms with van der Waals surface area (Å²) < 4.78 is 43.1. The van der Waals surface area contributed by atoms with Crippen LogP contribution in [-0.4, -0.2) is 39.5 Å². The monoisotopic (exact) mass is 261 g/mol. The zero-order valence-electron chi connectivity index (χ0n) is 9.89. The van der Waals surface area contributed by atoms with Crippen molar-refractivity contribution in [3.05, 3.63) is 30.1 Å². The third kappa shape index (κ3) is 3.49. The minimum absolute atomic E-state index is 0.0943. The summed E-state index contributed by atoms with van der Waals surface area (Å²) >= 11 is 0. The lowest BCUT2D eigenvalue weighted by molar-refractivity contribution is 0.180. The van der Waals surface area contributed by atoms with E-state index in [0.717, 1.165) is 12.1 Å². The van der Waals surface area contributed by atoms with Crippen LogP contribution in [0.15, 0.2) is 29.2 Å². The van der Waals surface area contributed by atoms with Crippen LogP contribution in [0.25, 0.3) is 0 Å². The molecule has 0 N–H and O–H groups in total. The first kappa shape index (κ1) is 14.1. The Morgan fingerprint density at radius 1 is 1.29 bits per heavy atom. The van der Waals surface area contributed by atoms with Gasteiger partial charge in [-0.2, -0.15) is 4.31 Å². The average molecular weight is 261 g/mol. The SMILES string of the molecule is CCN(CCOC)S(=O)(=O)c1ccc(F)cc1. The number of rotatable bonds is 6. The maximum absolute atomic E-state index is 12.7. The maximum Gasteiger partial charge on any atom is 0.243 e. The minimum Gasteiger partial charge on any atom is -0.383 e. The van der Waals surface area contributed by atoms with Gasteiger partial charge in [0.2, 0.25) is 10.0 Å². The Labute approximate surface area is 101 Å². The third-order valence-electron chi connectivity index (χ3n) is 2.35. The number of likely N-dealkylation sites (N-methyl/N-ethyl adjacent to an activating group) is 1. The van der Waals surface area contributed by atoms with Crippen LogP contribution < -0.4 is 0 Å². The van der Waals surface area contributed by atoms with E-state index < -0.39 is 15.8 Å². The van der Waals surface area contributed by atoms with Crippen LogP contribution in [0, 0.1) is 5.82 Å². The predicted molar refractivity (Wildman–Crippen MR) is 62.7 cm³/mol. The zero-order valence-corrected chi connectivity index (χ0v) is 10.7. The second kappa shape index (κ2) is 6.09. The first-order chi connectivity index (χ1) is 8.02. The number of hydrogen-bond donors (Lipinski definition) is 0. The summed E-state index contributed by atoms with van der Waals surface area (Å²) in [6.45, 7) is 2.71. The number of nitrogens with zero attached hydrogens (tertiary/aromatic N) is 1. The largest absolute Gasteiger partial charge is 0.383 e. The number of sulfonamides is 1. The maximum atomic E-state index is 12.7. The molecule has 0 unspecified atom stereocenters. The summed E-state index contributed by atoms with van der Waals surface area (Å²) in [5, 5.41) is 0. The first-order valence-electron chi connectivity index (χ1n) is 5.27. The zero-order chi connectivity index (χ0) is 12.9. The molecule has 0 aliphatic heterocycles. The number of methoxy groups -OCH3 is 1. The molecular formula is C11H16FNO3S. The van der Waals surface area contributed by atoms with Crippen molar-refractivity contribution in [1.82, 2.24) is 4.31 Å². The lowest BCUT2D eigenvalue weighted by Crippen LogP contribution is -2.33. The minimum atomic E-state index is -3.55. The Kier molecular flexibility index (Phi) is 5.04. The molecule has 0 saturated heterocycles. The van der Waals surface area contributed by atoms with Crippen LogP contribution >= 0.6 is 0 Å². The predicted octanol–water partition coefficient (Wildman–Crippen LogP) is 1.48. The Morgan fingerprint density at radius 2 is 1.88 bits per heavy atom. The average Bonchev–Trinajstić information content (AvgIpc) is 2.30. The number of ether oxygens (including phenoxy) is 1. The van der Waals surface area contributed by atoms with Gasteiger partial charge in [-0.15, -0.1) is 0 Å². The van der Waals surface area contributed by atoms with Gasteiger partial charge >= 0.3 is 0 Å². The molecule has 17 heavy (non-hydrogen) atoms. The van der Waals surface area contributed by atoms with Crippen LogP contribution in [0.5, 0.6) is 0 Å². The van der Waals surface area contributed by atoms with Crippen LogP contribution in [0.4, 0.5) is 4.39 Å². The molecule has 0 amide bonds. The van der Waals surface area contributed by atoms with Gasteiger partial charge in [0, 0.05) is 20.2 Å². The molecule has 0 bridgehead atoms. The molecule has 0 fully saturated rings. The molecule has 96 valence electrons. The Hall–Kier alpha value is -0.980. The fraction of sp³-hybridized carbons (Fsp3) is 0.455. The van der Waals surface area contributed by atoms with Gasteiger partial charge in [-0.25, -0.2) is 12.8 Å². The summed E-state index contributed by atoms with van der Waals surface area (Å²) in [6, 6.07) is 4.80. The highest BCUT2D eigenvalue weighted by Crippen LogP contribution is 2.15. The van der Waals surface area contributed by atoms with Gasteiger partial charge in [-0.3, -0.25) is 0 Å². The van der Waals surface area contributed by atoms with Gasteiger partial charge in [-0.1, -0.05) is 6.92 Å². The molecular weight excluding hydrogens is 245 g/mol. The van der Waals surface area contributed by atoms with Crippen molar-refractivity contribution in [3.63, 3.8) is 0 Å². The highest BCUT2D eigenvalue weighted by molar-refractivity contribution is 7.89. The van der Waals surface area contributed by atoms with E-state index in [0.29, 0.717) is 13.2 Å². The van der Waals surface area contributed by atoms with E-state index in [1.54, 1.807) is 6.92 Å². The number of halogens is 1. The Morgan fingerprint density at radius 3 is 2.35 bits per heavy atom. The van der Waals surface area contributed by atoms with Crippen molar-refractivity contribution in [1.29, 1.82) is 0 Å². The van der Waals surface area contributed by atoms with E-state index in [9.17, 15) is 12.8 Å². The molecule has 1 aromatic carbocycles. The van der Waals surface area contributed by atoms with Crippen LogP contribution in [0.1, 0.15) is 6.92 Å². The van der Waals surface area contributed by atoms with Gasteiger partial charge in [0.25, 0.3) is 0 Å². The van der Waals surface area contributed by atoms with E-state index in [1.807, 2.05) is 0 Å². The summed E-state index contributed by atoms with van der Waals surface area (Å²) in [7, 11) is -2.04. The second-order valence-electron chi connectivity index (χ2n) is 3.44. The summed E-state index contributed by atoms with van der Waals surface area (Å²) in [5.41, 5.74) is 0. The topological polar surface area (TPSA) is 46.6 Å². The van der Waals surface area contributed by atoms with E-state index in [4.69, 9.17) is 4.74 Å². The van der Waals surface area contributed by atoms with E-state index >= 15 is 0 Å². The van der Waals surface area contributed by atoms with Gasteiger partial charge in [0.05, 0.1) is 11.5 Å². The van der Waals surface area contributed by atoms with E-state index in [2.05, 4.69) is 0 Å². The van der Waals surface area contributed by atoms with Crippen LogP contribution in [0.2, 0.25) is 0 Å². The van der Waals surface area contributed by atoms with Crippen LogP contribution in [0.3, 0.4) is 0 Å².